The van der Waals surface area contributed by atoms with E-state index in [1.165, 1.54) is 4.90 Å². The molecule has 0 radical (unpaired) electrons. The summed E-state index contributed by atoms with van der Waals surface area (Å²) in [6, 6.07) is 8.02. The molecule has 0 fully saturated rings. The smallest absolute Gasteiger partial charge is 0.234 e. The molecule has 1 aromatic carbocycles. The van der Waals surface area contributed by atoms with Gasteiger partial charge in [-0.25, -0.2) is 0 Å². The third kappa shape index (κ3) is 4.17. The molecule has 0 spiro atoms. The van der Waals surface area contributed by atoms with Crippen molar-refractivity contribution in [2.45, 2.75) is 39.0 Å². The number of hydrogen-bond acceptors (Lipinski definition) is 5. The molecule has 2 aromatic rings. The van der Waals surface area contributed by atoms with Crippen molar-refractivity contribution in [3.63, 3.8) is 0 Å². The molecule has 0 aliphatic rings. The van der Waals surface area contributed by atoms with E-state index in [-0.39, 0.29) is 12.2 Å². The molecule has 0 aliphatic carbocycles. The average Bonchev–Trinajstić information content (AvgIpc) is 2.87. The maximum Gasteiger partial charge on any atom is 0.234 e. The summed E-state index contributed by atoms with van der Waals surface area (Å²) in [6.45, 7) is 7.78. The molecule has 0 saturated carbocycles. The number of Topliss-reactive ketones (excluding diaryl/α,β-unsaturated/α-hetero) is 1. The molecule has 4 nitrogen and oxygen atoms in total. The van der Waals surface area contributed by atoms with Gasteiger partial charge in [0.1, 0.15) is 5.78 Å². The summed E-state index contributed by atoms with van der Waals surface area (Å²) in [5.74, 6) is 2.03. The Morgan fingerprint density at radius 2 is 1.90 bits per heavy atom. The largest absolute Gasteiger partial charge is 0.339 e. The second-order valence-corrected chi connectivity index (χ2v) is 7.16. The summed E-state index contributed by atoms with van der Waals surface area (Å²) in [7, 11) is 0. The van der Waals surface area contributed by atoms with E-state index in [1.807, 2.05) is 45.0 Å². The van der Waals surface area contributed by atoms with Gasteiger partial charge in [-0.1, -0.05) is 32.9 Å². The standard InChI is InChI=1S/C16H20N2O2S/c1-5-21-12-8-6-11(7-9-12)15-17-14(20-18-15)10-13(19)16(2,3)4/h6-9H,5,10H2,1-4H3. The fourth-order valence-electron chi connectivity index (χ4n) is 1.71. The number of hydrogen-bond donors (Lipinski definition) is 0. The van der Waals surface area contributed by atoms with E-state index in [0.29, 0.717) is 11.7 Å². The van der Waals surface area contributed by atoms with Crippen LogP contribution in [0.3, 0.4) is 0 Å². The molecule has 0 amide bonds. The molecule has 2 rings (SSSR count). The summed E-state index contributed by atoms with van der Waals surface area (Å²) in [6.07, 6.45) is 0.181. The Morgan fingerprint density at radius 3 is 2.48 bits per heavy atom. The van der Waals surface area contributed by atoms with Gasteiger partial charge in [-0.15, -0.1) is 11.8 Å². The Hall–Kier alpha value is -1.62. The zero-order chi connectivity index (χ0) is 15.5. The molecule has 1 heterocycles. The molecular formula is C16H20N2O2S. The van der Waals surface area contributed by atoms with Gasteiger partial charge < -0.3 is 4.52 Å². The minimum Gasteiger partial charge on any atom is -0.339 e. The maximum absolute atomic E-state index is 12.0. The van der Waals surface area contributed by atoms with Crippen molar-refractivity contribution < 1.29 is 9.32 Å². The number of aromatic nitrogens is 2. The summed E-state index contributed by atoms with van der Waals surface area (Å²) in [5.41, 5.74) is 0.502. The molecule has 1 aromatic heterocycles. The van der Waals surface area contributed by atoms with Crippen molar-refractivity contribution >= 4 is 17.5 Å². The first-order chi connectivity index (χ1) is 9.90. The van der Waals surface area contributed by atoms with Crippen molar-refractivity contribution in [1.29, 1.82) is 0 Å². The van der Waals surface area contributed by atoms with Crippen molar-refractivity contribution in [1.82, 2.24) is 10.1 Å². The molecule has 0 N–H and O–H groups in total. The fourth-order valence-corrected chi connectivity index (χ4v) is 2.38. The van der Waals surface area contributed by atoms with Crippen LogP contribution in [0, 0.1) is 5.41 Å². The van der Waals surface area contributed by atoms with Crippen molar-refractivity contribution in [2.75, 3.05) is 5.75 Å². The van der Waals surface area contributed by atoms with Crippen LogP contribution in [0.25, 0.3) is 11.4 Å². The van der Waals surface area contributed by atoms with Gasteiger partial charge in [0.15, 0.2) is 0 Å². The van der Waals surface area contributed by atoms with E-state index in [2.05, 4.69) is 17.1 Å². The normalized spacial score (nSPS) is 11.6. The summed E-state index contributed by atoms with van der Waals surface area (Å²) < 4.78 is 5.18. The molecule has 0 bridgehead atoms. The van der Waals surface area contributed by atoms with Crippen LogP contribution in [-0.4, -0.2) is 21.7 Å². The maximum atomic E-state index is 12.0. The number of carbonyl (C=O) groups is 1. The zero-order valence-corrected chi connectivity index (χ0v) is 13.7. The molecule has 21 heavy (non-hydrogen) atoms. The SMILES string of the molecule is CCSc1ccc(-c2noc(CC(=O)C(C)(C)C)n2)cc1. The van der Waals surface area contributed by atoms with Gasteiger partial charge in [0.05, 0.1) is 6.42 Å². The zero-order valence-electron chi connectivity index (χ0n) is 12.8. The minimum absolute atomic E-state index is 0.0902. The van der Waals surface area contributed by atoms with Crippen LogP contribution in [0.5, 0.6) is 0 Å². The highest BCUT2D eigenvalue weighted by molar-refractivity contribution is 7.99. The lowest BCUT2D eigenvalue weighted by Gasteiger charge is -2.14. The monoisotopic (exact) mass is 304 g/mol. The number of carbonyl (C=O) groups excluding carboxylic acids is 1. The molecular weight excluding hydrogens is 284 g/mol. The average molecular weight is 304 g/mol. The Bertz CT molecular complexity index is 612. The first kappa shape index (κ1) is 15.8. The van der Waals surface area contributed by atoms with Gasteiger partial charge in [0.2, 0.25) is 11.7 Å². The molecule has 5 heteroatoms. The summed E-state index contributed by atoms with van der Waals surface area (Å²) in [5, 5.41) is 3.95. The van der Waals surface area contributed by atoms with E-state index in [4.69, 9.17) is 4.52 Å². The van der Waals surface area contributed by atoms with Crippen LogP contribution in [0.4, 0.5) is 0 Å². The Labute approximate surface area is 129 Å². The Kier molecular flexibility index (Phi) is 4.83. The van der Waals surface area contributed by atoms with Crippen LogP contribution >= 0.6 is 11.8 Å². The predicted molar refractivity (Wildman–Crippen MR) is 84.3 cm³/mol. The van der Waals surface area contributed by atoms with Crippen LogP contribution in [-0.2, 0) is 11.2 Å². The molecule has 0 atom stereocenters. The Balaban J connectivity index is 2.10. The van der Waals surface area contributed by atoms with Gasteiger partial charge in [-0.3, -0.25) is 4.79 Å². The number of rotatable bonds is 5. The highest BCUT2D eigenvalue weighted by atomic mass is 32.2. The topological polar surface area (TPSA) is 56.0 Å². The summed E-state index contributed by atoms with van der Waals surface area (Å²) in [4.78, 5) is 17.5. The van der Waals surface area contributed by atoms with Crippen LogP contribution in [0.1, 0.15) is 33.6 Å². The Morgan fingerprint density at radius 1 is 1.24 bits per heavy atom. The van der Waals surface area contributed by atoms with Gasteiger partial charge in [0.25, 0.3) is 0 Å². The van der Waals surface area contributed by atoms with Crippen LogP contribution < -0.4 is 0 Å². The third-order valence-corrected chi connectivity index (χ3v) is 3.93. The van der Waals surface area contributed by atoms with Crippen LogP contribution in [0.15, 0.2) is 33.7 Å². The lowest BCUT2D eigenvalue weighted by molar-refractivity contribution is -0.125. The second kappa shape index (κ2) is 6.43. The molecule has 112 valence electrons. The summed E-state index contributed by atoms with van der Waals surface area (Å²) >= 11 is 1.79. The number of ketones is 1. The van der Waals surface area contributed by atoms with Crippen molar-refractivity contribution in [3.05, 3.63) is 30.2 Å². The van der Waals surface area contributed by atoms with E-state index < -0.39 is 5.41 Å². The van der Waals surface area contributed by atoms with Gasteiger partial charge >= 0.3 is 0 Å². The van der Waals surface area contributed by atoms with Gasteiger partial charge in [-0.2, -0.15) is 4.98 Å². The van der Waals surface area contributed by atoms with E-state index in [1.54, 1.807) is 11.8 Å². The number of thioether (sulfide) groups is 1. The van der Waals surface area contributed by atoms with Crippen molar-refractivity contribution in [2.24, 2.45) is 5.41 Å². The predicted octanol–water partition coefficient (Wildman–Crippen LogP) is 4.01. The highest BCUT2D eigenvalue weighted by Crippen LogP contribution is 2.23. The lowest BCUT2D eigenvalue weighted by atomic mass is 9.89. The first-order valence-electron chi connectivity index (χ1n) is 6.99. The van der Waals surface area contributed by atoms with Gasteiger partial charge in [-0.05, 0) is 30.0 Å². The van der Waals surface area contributed by atoms with E-state index in [9.17, 15) is 4.79 Å². The minimum atomic E-state index is -0.395. The van der Waals surface area contributed by atoms with E-state index >= 15 is 0 Å². The number of nitrogens with zero attached hydrogens (tertiary/aromatic N) is 2. The third-order valence-electron chi connectivity index (χ3n) is 3.04. The van der Waals surface area contributed by atoms with E-state index in [0.717, 1.165) is 11.3 Å². The molecule has 0 saturated heterocycles. The quantitative estimate of drug-likeness (QED) is 0.781. The lowest BCUT2D eigenvalue weighted by Crippen LogP contribution is -2.22. The molecule has 0 aliphatic heterocycles. The fraction of sp³-hybridized carbons (Fsp3) is 0.438. The first-order valence-corrected chi connectivity index (χ1v) is 7.98. The van der Waals surface area contributed by atoms with Gasteiger partial charge in [0, 0.05) is 15.9 Å². The molecule has 0 unspecified atom stereocenters. The number of benzene rings is 1. The van der Waals surface area contributed by atoms with Crippen molar-refractivity contribution in [3.8, 4) is 11.4 Å². The highest BCUT2D eigenvalue weighted by Gasteiger charge is 2.23. The second-order valence-electron chi connectivity index (χ2n) is 5.82. The van der Waals surface area contributed by atoms with Crippen LogP contribution in [0.2, 0.25) is 0 Å².